The predicted molar refractivity (Wildman–Crippen MR) is 118 cm³/mol. The summed E-state index contributed by atoms with van der Waals surface area (Å²) < 4.78 is 33.6. The first-order chi connectivity index (χ1) is 15.4. The molecule has 0 atom stereocenters. The lowest BCUT2D eigenvalue weighted by Gasteiger charge is -2.09. The van der Waals surface area contributed by atoms with Crippen LogP contribution in [-0.2, 0) is 6.54 Å². The monoisotopic (exact) mass is 476 g/mol. The van der Waals surface area contributed by atoms with Crippen molar-refractivity contribution in [3.63, 3.8) is 0 Å². The molecule has 0 radical (unpaired) electrons. The van der Waals surface area contributed by atoms with Crippen LogP contribution < -0.4 is 10.1 Å². The van der Waals surface area contributed by atoms with Crippen LogP contribution in [0.2, 0.25) is 10.0 Å². The molecule has 0 fully saturated rings. The summed E-state index contributed by atoms with van der Waals surface area (Å²) in [5, 5.41) is 7.45. The largest absolute Gasteiger partial charge is 0.497 e. The second kappa shape index (κ2) is 9.10. The molecule has 0 saturated carbocycles. The maximum atomic E-state index is 13.7. The van der Waals surface area contributed by atoms with E-state index in [9.17, 15) is 13.6 Å². The number of methoxy groups -OCH3 is 1. The van der Waals surface area contributed by atoms with E-state index in [1.165, 1.54) is 19.4 Å². The number of fused-ring (bicyclic) bond motifs is 1. The second-order valence-electron chi connectivity index (χ2n) is 6.82. The lowest BCUT2D eigenvalue weighted by molar-refractivity contribution is 0.0952. The van der Waals surface area contributed by atoms with Gasteiger partial charge in [-0.2, -0.15) is 5.10 Å². The Hall–Kier alpha value is -3.23. The summed E-state index contributed by atoms with van der Waals surface area (Å²) in [4.78, 5) is 17.2. The minimum absolute atomic E-state index is 0.0280. The quantitative estimate of drug-likeness (QED) is 0.394. The van der Waals surface area contributed by atoms with Gasteiger partial charge in [0.2, 0.25) is 0 Å². The molecule has 0 aliphatic heterocycles. The van der Waals surface area contributed by atoms with Gasteiger partial charge in [-0.15, -0.1) is 0 Å². The van der Waals surface area contributed by atoms with E-state index in [0.717, 1.165) is 10.1 Å². The molecule has 1 amide bonds. The first-order valence-corrected chi connectivity index (χ1v) is 10.2. The van der Waals surface area contributed by atoms with E-state index in [2.05, 4.69) is 15.4 Å². The second-order valence-corrected chi connectivity index (χ2v) is 7.63. The van der Waals surface area contributed by atoms with Crippen LogP contribution in [0.15, 0.2) is 54.7 Å². The Morgan fingerprint density at radius 2 is 1.88 bits per heavy atom. The van der Waals surface area contributed by atoms with Crippen molar-refractivity contribution in [3.05, 3.63) is 81.6 Å². The standard InChI is InChI=1S/C22H16Cl2F2N4O2/c1-32-14-5-3-13(4-6-14)18-9-19(20(25)26)30-21(29-18)15(11-28-30)22(31)27-10-12-2-7-16(23)17(24)8-12/h2-9,11,20H,10H2,1H3,(H,27,31). The van der Waals surface area contributed by atoms with E-state index in [0.29, 0.717) is 21.4 Å². The fourth-order valence-electron chi connectivity index (χ4n) is 3.14. The van der Waals surface area contributed by atoms with Gasteiger partial charge in [0, 0.05) is 12.1 Å². The number of carbonyl (C=O) groups is 1. The Morgan fingerprint density at radius 3 is 2.53 bits per heavy atom. The van der Waals surface area contributed by atoms with Crippen molar-refractivity contribution in [1.29, 1.82) is 0 Å². The molecule has 0 bridgehead atoms. The topological polar surface area (TPSA) is 68.5 Å². The molecule has 0 unspecified atom stereocenters. The number of nitrogens with one attached hydrogen (secondary N) is 1. The van der Waals surface area contributed by atoms with Crippen molar-refractivity contribution in [1.82, 2.24) is 19.9 Å². The third kappa shape index (κ3) is 4.37. The van der Waals surface area contributed by atoms with E-state index in [1.54, 1.807) is 42.5 Å². The summed E-state index contributed by atoms with van der Waals surface area (Å²) in [7, 11) is 1.53. The maximum Gasteiger partial charge on any atom is 0.280 e. The van der Waals surface area contributed by atoms with Gasteiger partial charge in [-0.05, 0) is 48.0 Å². The van der Waals surface area contributed by atoms with E-state index < -0.39 is 12.3 Å². The van der Waals surface area contributed by atoms with Gasteiger partial charge in [0.1, 0.15) is 17.0 Å². The van der Waals surface area contributed by atoms with Gasteiger partial charge >= 0.3 is 0 Å². The lowest BCUT2D eigenvalue weighted by Crippen LogP contribution is -2.23. The highest BCUT2D eigenvalue weighted by Gasteiger charge is 2.21. The van der Waals surface area contributed by atoms with Crippen LogP contribution in [0.4, 0.5) is 8.78 Å². The summed E-state index contributed by atoms with van der Waals surface area (Å²) in [5.74, 6) is 0.112. The highest BCUT2D eigenvalue weighted by atomic mass is 35.5. The fourth-order valence-corrected chi connectivity index (χ4v) is 3.46. The minimum atomic E-state index is -2.82. The zero-order chi connectivity index (χ0) is 22.8. The Kier molecular flexibility index (Phi) is 6.25. The average Bonchev–Trinajstić information content (AvgIpc) is 3.23. The van der Waals surface area contributed by atoms with Gasteiger partial charge in [0.15, 0.2) is 5.65 Å². The van der Waals surface area contributed by atoms with Crippen LogP contribution in [0.5, 0.6) is 5.75 Å². The molecule has 4 aromatic rings. The first-order valence-electron chi connectivity index (χ1n) is 9.40. The zero-order valence-corrected chi connectivity index (χ0v) is 18.2. The average molecular weight is 477 g/mol. The number of halogens is 4. The molecule has 6 nitrogen and oxygen atoms in total. The van der Waals surface area contributed by atoms with Gasteiger partial charge in [-0.25, -0.2) is 18.3 Å². The van der Waals surface area contributed by atoms with Gasteiger partial charge in [-0.3, -0.25) is 4.79 Å². The lowest BCUT2D eigenvalue weighted by atomic mass is 10.1. The summed E-state index contributed by atoms with van der Waals surface area (Å²) >= 11 is 11.9. The van der Waals surface area contributed by atoms with Crippen molar-refractivity contribution in [2.45, 2.75) is 13.0 Å². The third-order valence-electron chi connectivity index (χ3n) is 4.79. The van der Waals surface area contributed by atoms with Crippen LogP contribution in [0.25, 0.3) is 16.9 Å². The molecular formula is C22H16Cl2F2N4O2. The molecule has 1 N–H and O–H groups in total. The number of nitrogens with zero attached hydrogens (tertiary/aromatic N) is 3. The summed E-state index contributed by atoms with van der Waals surface area (Å²) in [6, 6.07) is 13.0. The number of ether oxygens (including phenoxy) is 1. The molecule has 2 aromatic carbocycles. The third-order valence-corrected chi connectivity index (χ3v) is 5.53. The summed E-state index contributed by atoms with van der Waals surface area (Å²) in [6.07, 6.45) is -1.60. The van der Waals surface area contributed by atoms with Crippen LogP contribution in [0, 0.1) is 0 Å². The van der Waals surface area contributed by atoms with E-state index in [1.807, 2.05) is 0 Å². The number of amides is 1. The van der Waals surface area contributed by atoms with Crippen molar-refractivity contribution in [2.75, 3.05) is 7.11 Å². The summed E-state index contributed by atoms with van der Waals surface area (Å²) in [6.45, 7) is 0.160. The molecule has 2 heterocycles. The van der Waals surface area contributed by atoms with Crippen molar-refractivity contribution in [3.8, 4) is 17.0 Å². The number of carbonyl (C=O) groups excluding carboxylic acids is 1. The van der Waals surface area contributed by atoms with Gasteiger partial charge in [0.05, 0.1) is 29.0 Å². The SMILES string of the molecule is COc1ccc(-c2cc(C(F)F)n3ncc(C(=O)NCc4ccc(Cl)c(Cl)c4)c3n2)cc1. The zero-order valence-electron chi connectivity index (χ0n) is 16.7. The molecule has 10 heteroatoms. The summed E-state index contributed by atoms with van der Waals surface area (Å²) in [5.41, 5.74) is 1.34. The molecule has 4 rings (SSSR count). The molecular weight excluding hydrogens is 461 g/mol. The Labute approximate surface area is 191 Å². The van der Waals surface area contributed by atoms with Crippen molar-refractivity contribution < 1.29 is 18.3 Å². The van der Waals surface area contributed by atoms with Crippen LogP contribution in [0.3, 0.4) is 0 Å². The number of hydrogen-bond acceptors (Lipinski definition) is 4. The van der Waals surface area contributed by atoms with Crippen LogP contribution in [-0.4, -0.2) is 27.6 Å². The van der Waals surface area contributed by atoms with Crippen molar-refractivity contribution in [2.24, 2.45) is 0 Å². The Balaban J connectivity index is 1.68. The van der Waals surface area contributed by atoms with E-state index in [4.69, 9.17) is 27.9 Å². The fraction of sp³-hybridized carbons (Fsp3) is 0.136. The number of aromatic nitrogens is 3. The molecule has 0 aliphatic rings. The van der Waals surface area contributed by atoms with E-state index in [-0.39, 0.29) is 29.1 Å². The predicted octanol–water partition coefficient (Wildman–Crippen LogP) is 5.58. The number of benzene rings is 2. The molecule has 0 spiro atoms. The maximum absolute atomic E-state index is 13.7. The van der Waals surface area contributed by atoms with Crippen molar-refractivity contribution >= 4 is 34.8 Å². The number of hydrogen-bond donors (Lipinski definition) is 1. The molecule has 2 aromatic heterocycles. The molecule has 164 valence electrons. The molecule has 0 aliphatic carbocycles. The molecule has 0 saturated heterocycles. The Bertz CT molecular complexity index is 1290. The van der Waals surface area contributed by atoms with Crippen LogP contribution in [0.1, 0.15) is 28.0 Å². The molecule has 32 heavy (non-hydrogen) atoms. The number of rotatable bonds is 6. The minimum Gasteiger partial charge on any atom is -0.497 e. The van der Waals surface area contributed by atoms with Crippen LogP contribution >= 0.6 is 23.2 Å². The number of alkyl halides is 2. The van der Waals surface area contributed by atoms with E-state index >= 15 is 0 Å². The normalized spacial score (nSPS) is 11.2. The van der Waals surface area contributed by atoms with Gasteiger partial charge in [-0.1, -0.05) is 29.3 Å². The Morgan fingerprint density at radius 1 is 1.12 bits per heavy atom. The highest BCUT2D eigenvalue weighted by molar-refractivity contribution is 6.42. The highest BCUT2D eigenvalue weighted by Crippen LogP contribution is 2.28. The smallest absolute Gasteiger partial charge is 0.280 e. The van der Waals surface area contributed by atoms with Gasteiger partial charge < -0.3 is 10.1 Å². The first kappa shape index (κ1) is 22.0. The van der Waals surface area contributed by atoms with Gasteiger partial charge in [0.25, 0.3) is 12.3 Å².